The van der Waals surface area contributed by atoms with Crippen LogP contribution in [-0.2, 0) is 11.8 Å². The fourth-order valence-corrected chi connectivity index (χ4v) is 3.58. The second-order valence-corrected chi connectivity index (χ2v) is 6.57. The summed E-state index contributed by atoms with van der Waals surface area (Å²) in [7, 11) is 0. The first-order chi connectivity index (χ1) is 10.6. The number of hydrogen-bond acceptors (Lipinski definition) is 2. The van der Waals surface area contributed by atoms with E-state index in [2.05, 4.69) is 30.8 Å². The van der Waals surface area contributed by atoms with E-state index < -0.39 is 0 Å². The van der Waals surface area contributed by atoms with Gasteiger partial charge in [-0.3, -0.25) is 0 Å². The maximum Gasteiger partial charge on any atom is 0.0314 e. The van der Waals surface area contributed by atoms with Crippen LogP contribution in [0.2, 0.25) is 0 Å². The van der Waals surface area contributed by atoms with Gasteiger partial charge in [-0.2, -0.15) is 0 Å². The molecular formula is C20H24N2. The first-order valence-electron chi connectivity index (χ1n) is 7.94. The van der Waals surface area contributed by atoms with Crippen LogP contribution >= 0.6 is 0 Å². The highest BCUT2D eigenvalue weighted by atomic mass is 14.5. The molecule has 0 aliphatic heterocycles. The predicted octanol–water partition coefficient (Wildman–Crippen LogP) is 4.46. The molecule has 1 saturated carbocycles. The average molecular weight is 292 g/mol. The molecule has 1 unspecified atom stereocenters. The van der Waals surface area contributed by atoms with Crippen molar-refractivity contribution in [2.24, 2.45) is 0 Å². The lowest BCUT2D eigenvalue weighted by atomic mass is 9.74. The number of hydrogen-bond donors (Lipinski definition) is 2. The summed E-state index contributed by atoms with van der Waals surface area (Å²) < 4.78 is 0. The van der Waals surface area contributed by atoms with Crippen molar-refractivity contribution in [3.63, 3.8) is 0 Å². The summed E-state index contributed by atoms with van der Waals surface area (Å²) in [6.45, 7) is 4.22. The number of aryl methyl sites for hydroxylation is 1. The summed E-state index contributed by atoms with van der Waals surface area (Å²) in [5, 5.41) is 0. The Hall–Kier alpha value is -2.22. The van der Waals surface area contributed by atoms with Crippen LogP contribution in [-0.4, -0.2) is 0 Å². The Morgan fingerprint density at radius 1 is 0.909 bits per heavy atom. The molecule has 0 bridgehead atoms. The van der Waals surface area contributed by atoms with Crippen molar-refractivity contribution in [2.75, 3.05) is 11.5 Å². The number of allylic oxidation sites excluding steroid dienone is 1. The van der Waals surface area contributed by atoms with Crippen LogP contribution in [0.25, 0.3) is 0 Å². The third kappa shape index (κ3) is 3.01. The third-order valence-electron chi connectivity index (χ3n) is 4.94. The minimum Gasteiger partial charge on any atom is -0.399 e. The molecule has 3 rings (SSSR count). The molecule has 0 aromatic heterocycles. The van der Waals surface area contributed by atoms with Crippen LogP contribution < -0.4 is 11.5 Å². The molecule has 2 heteroatoms. The van der Waals surface area contributed by atoms with Crippen LogP contribution in [0.15, 0.2) is 60.7 Å². The largest absolute Gasteiger partial charge is 0.399 e. The van der Waals surface area contributed by atoms with Gasteiger partial charge in [0.1, 0.15) is 0 Å². The third-order valence-corrected chi connectivity index (χ3v) is 4.94. The van der Waals surface area contributed by atoms with E-state index >= 15 is 0 Å². The molecular weight excluding hydrogens is 268 g/mol. The highest BCUT2D eigenvalue weighted by Gasteiger charge is 2.36. The Bertz CT molecular complexity index is 655. The molecule has 1 aliphatic rings. The summed E-state index contributed by atoms with van der Waals surface area (Å²) >= 11 is 0. The van der Waals surface area contributed by atoms with E-state index in [-0.39, 0.29) is 5.41 Å². The Labute approximate surface area is 132 Å². The Morgan fingerprint density at radius 2 is 1.50 bits per heavy atom. The molecule has 2 aromatic carbocycles. The molecule has 0 saturated heterocycles. The molecule has 0 amide bonds. The van der Waals surface area contributed by atoms with Gasteiger partial charge in [0.05, 0.1) is 0 Å². The monoisotopic (exact) mass is 292 g/mol. The Morgan fingerprint density at radius 3 is 2.05 bits per heavy atom. The number of nitrogens with two attached hydrogens (primary N) is 2. The zero-order valence-electron chi connectivity index (χ0n) is 13.0. The minimum atomic E-state index is 0.214. The molecule has 1 fully saturated rings. The van der Waals surface area contributed by atoms with Gasteiger partial charge in [0.25, 0.3) is 0 Å². The number of nitrogen functional groups attached to an aromatic ring is 2. The quantitative estimate of drug-likeness (QED) is 0.645. The van der Waals surface area contributed by atoms with Crippen molar-refractivity contribution in [1.82, 2.24) is 0 Å². The Kier molecular flexibility index (Phi) is 3.93. The van der Waals surface area contributed by atoms with Crippen LogP contribution in [0, 0.1) is 0 Å². The summed E-state index contributed by atoms with van der Waals surface area (Å²) in [5.74, 6) is 0. The molecule has 114 valence electrons. The topological polar surface area (TPSA) is 52.0 Å². The average Bonchev–Trinajstić information content (AvgIpc) is 2.90. The Balaban J connectivity index is 1.82. The highest BCUT2D eigenvalue weighted by Crippen LogP contribution is 2.46. The standard InChI is InChI=1S/C20H24N2/c1-15-10-12-20(14-15,17-4-8-19(22)9-5-17)13-11-16-2-6-18(21)7-3-16/h2-9H,1,10-14,21-22H2. The molecule has 4 N–H and O–H groups in total. The van der Waals surface area contributed by atoms with E-state index in [0.29, 0.717) is 0 Å². The lowest BCUT2D eigenvalue weighted by molar-refractivity contribution is 0.412. The van der Waals surface area contributed by atoms with Gasteiger partial charge in [-0.15, -0.1) is 0 Å². The summed E-state index contributed by atoms with van der Waals surface area (Å²) in [4.78, 5) is 0. The van der Waals surface area contributed by atoms with E-state index in [1.54, 1.807) is 0 Å². The van der Waals surface area contributed by atoms with Gasteiger partial charge >= 0.3 is 0 Å². The van der Waals surface area contributed by atoms with E-state index in [0.717, 1.165) is 37.1 Å². The molecule has 2 nitrogen and oxygen atoms in total. The molecule has 0 spiro atoms. The molecule has 1 atom stereocenters. The van der Waals surface area contributed by atoms with Gasteiger partial charge in [-0.05, 0) is 72.9 Å². The van der Waals surface area contributed by atoms with Gasteiger partial charge in [0.15, 0.2) is 0 Å². The van der Waals surface area contributed by atoms with E-state index in [1.165, 1.54) is 23.1 Å². The molecule has 1 aliphatic carbocycles. The van der Waals surface area contributed by atoms with Crippen molar-refractivity contribution in [3.8, 4) is 0 Å². The van der Waals surface area contributed by atoms with Crippen molar-refractivity contribution < 1.29 is 0 Å². The van der Waals surface area contributed by atoms with Gasteiger partial charge in [0, 0.05) is 11.4 Å². The highest BCUT2D eigenvalue weighted by molar-refractivity contribution is 5.43. The molecule has 22 heavy (non-hydrogen) atoms. The van der Waals surface area contributed by atoms with Gasteiger partial charge in [-0.1, -0.05) is 36.4 Å². The van der Waals surface area contributed by atoms with Crippen LogP contribution in [0.1, 0.15) is 36.8 Å². The number of benzene rings is 2. The molecule has 2 aromatic rings. The normalized spacial score (nSPS) is 21.2. The van der Waals surface area contributed by atoms with Gasteiger partial charge < -0.3 is 11.5 Å². The lowest BCUT2D eigenvalue weighted by Crippen LogP contribution is -2.23. The first-order valence-corrected chi connectivity index (χ1v) is 7.94. The predicted molar refractivity (Wildman–Crippen MR) is 94.7 cm³/mol. The van der Waals surface area contributed by atoms with Crippen LogP contribution in [0.4, 0.5) is 11.4 Å². The maximum atomic E-state index is 5.85. The van der Waals surface area contributed by atoms with Gasteiger partial charge in [-0.25, -0.2) is 0 Å². The summed E-state index contributed by atoms with van der Waals surface area (Å²) in [5.41, 5.74) is 17.6. The zero-order chi connectivity index (χ0) is 15.6. The lowest BCUT2D eigenvalue weighted by Gasteiger charge is -2.30. The molecule has 0 heterocycles. The number of anilines is 2. The van der Waals surface area contributed by atoms with E-state index in [1.807, 2.05) is 24.3 Å². The number of rotatable bonds is 4. The first kappa shape index (κ1) is 14.7. The van der Waals surface area contributed by atoms with Crippen molar-refractivity contribution in [3.05, 3.63) is 71.8 Å². The minimum absolute atomic E-state index is 0.214. The maximum absolute atomic E-state index is 5.85. The van der Waals surface area contributed by atoms with Gasteiger partial charge in [0.2, 0.25) is 0 Å². The smallest absolute Gasteiger partial charge is 0.0314 e. The fourth-order valence-electron chi connectivity index (χ4n) is 3.58. The van der Waals surface area contributed by atoms with Crippen molar-refractivity contribution in [2.45, 2.75) is 37.5 Å². The van der Waals surface area contributed by atoms with Crippen molar-refractivity contribution in [1.29, 1.82) is 0 Å². The van der Waals surface area contributed by atoms with Crippen molar-refractivity contribution >= 4 is 11.4 Å². The fraction of sp³-hybridized carbons (Fsp3) is 0.300. The van der Waals surface area contributed by atoms with E-state index in [9.17, 15) is 0 Å². The second-order valence-electron chi connectivity index (χ2n) is 6.57. The van der Waals surface area contributed by atoms with Crippen LogP contribution in [0.5, 0.6) is 0 Å². The SMILES string of the molecule is C=C1CCC(CCc2ccc(N)cc2)(c2ccc(N)cc2)C1. The summed E-state index contributed by atoms with van der Waals surface area (Å²) in [6, 6.07) is 16.7. The molecule has 0 radical (unpaired) electrons. The second kappa shape index (κ2) is 5.88. The summed E-state index contributed by atoms with van der Waals surface area (Å²) in [6.07, 6.45) is 5.61. The van der Waals surface area contributed by atoms with Crippen LogP contribution in [0.3, 0.4) is 0 Å². The zero-order valence-corrected chi connectivity index (χ0v) is 13.0. The van der Waals surface area contributed by atoms with E-state index in [4.69, 9.17) is 11.5 Å².